The lowest BCUT2D eigenvalue weighted by Gasteiger charge is -2.06. The topological polar surface area (TPSA) is 55.0 Å². The maximum atomic E-state index is 13.2. The number of rotatable bonds is 3. The molecule has 19 heavy (non-hydrogen) atoms. The second-order valence-corrected chi connectivity index (χ2v) is 5.37. The minimum atomic E-state index is -0.420. The first-order chi connectivity index (χ1) is 9.10. The summed E-state index contributed by atoms with van der Waals surface area (Å²) < 4.78 is 19.2. The van der Waals surface area contributed by atoms with Crippen LogP contribution in [0.1, 0.15) is 24.6 Å². The molecule has 4 nitrogen and oxygen atoms in total. The molecule has 1 aromatic carbocycles. The summed E-state index contributed by atoms with van der Waals surface area (Å²) in [6.45, 7) is 0. The summed E-state index contributed by atoms with van der Waals surface area (Å²) in [5, 5.41) is 0. The van der Waals surface area contributed by atoms with E-state index in [2.05, 4.69) is 25.9 Å². The van der Waals surface area contributed by atoms with Crippen molar-refractivity contribution in [1.82, 2.24) is 9.97 Å². The van der Waals surface area contributed by atoms with E-state index in [1.54, 1.807) is 6.07 Å². The molecular weight excluding hydrogens is 315 g/mol. The van der Waals surface area contributed by atoms with E-state index >= 15 is 0 Å². The first kappa shape index (κ1) is 12.3. The lowest BCUT2D eigenvalue weighted by molar-refractivity contribution is 0.452. The average Bonchev–Trinajstić information content (AvgIpc) is 3.09. The normalized spacial score (nSPS) is 14.4. The van der Waals surface area contributed by atoms with Crippen LogP contribution in [0.3, 0.4) is 0 Å². The summed E-state index contributed by atoms with van der Waals surface area (Å²) in [7, 11) is 0. The van der Waals surface area contributed by atoms with Crippen LogP contribution >= 0.6 is 15.9 Å². The van der Waals surface area contributed by atoms with Crippen LogP contribution in [-0.2, 0) is 0 Å². The smallest absolute Gasteiger partial charge is 0.254 e. The lowest BCUT2D eigenvalue weighted by atomic mass is 10.3. The molecule has 1 fully saturated rings. The SMILES string of the molecule is O=c1cc(Oc2cc(F)cc(Br)c2)nc(C2CC2)[nH]1. The maximum Gasteiger partial charge on any atom is 0.254 e. The van der Waals surface area contributed by atoms with Gasteiger partial charge in [-0.2, -0.15) is 4.98 Å². The molecule has 0 aliphatic heterocycles. The molecule has 1 heterocycles. The van der Waals surface area contributed by atoms with Crippen LogP contribution in [0.2, 0.25) is 0 Å². The van der Waals surface area contributed by atoms with Crippen molar-refractivity contribution in [3.05, 3.63) is 50.7 Å². The monoisotopic (exact) mass is 324 g/mol. The summed E-state index contributed by atoms with van der Waals surface area (Å²) in [5.41, 5.74) is -0.262. The van der Waals surface area contributed by atoms with Crippen molar-refractivity contribution in [3.8, 4) is 11.6 Å². The van der Waals surface area contributed by atoms with Crippen LogP contribution in [0, 0.1) is 5.82 Å². The highest BCUT2D eigenvalue weighted by atomic mass is 79.9. The highest BCUT2D eigenvalue weighted by Crippen LogP contribution is 2.38. The molecule has 0 bridgehead atoms. The molecule has 1 aliphatic carbocycles. The van der Waals surface area contributed by atoms with E-state index in [4.69, 9.17) is 4.74 Å². The van der Waals surface area contributed by atoms with E-state index in [1.807, 2.05) is 0 Å². The van der Waals surface area contributed by atoms with Gasteiger partial charge in [-0.3, -0.25) is 4.79 Å². The van der Waals surface area contributed by atoms with Crippen molar-refractivity contribution in [2.24, 2.45) is 0 Å². The van der Waals surface area contributed by atoms with Crippen molar-refractivity contribution in [2.75, 3.05) is 0 Å². The Labute approximate surface area is 116 Å². The Hall–Kier alpha value is -1.69. The van der Waals surface area contributed by atoms with Gasteiger partial charge in [0.05, 0.1) is 6.07 Å². The molecule has 0 atom stereocenters. The molecule has 1 N–H and O–H groups in total. The van der Waals surface area contributed by atoms with Gasteiger partial charge >= 0.3 is 0 Å². The third kappa shape index (κ3) is 3.01. The fraction of sp³-hybridized carbons (Fsp3) is 0.231. The Bertz CT molecular complexity index is 662. The highest BCUT2D eigenvalue weighted by molar-refractivity contribution is 9.10. The molecule has 98 valence electrons. The standard InChI is InChI=1S/C13H10BrFN2O2/c14-8-3-9(15)5-10(4-8)19-12-6-11(18)16-13(17-12)7-1-2-7/h3-7H,1-2H2,(H,16,17,18). The summed E-state index contributed by atoms with van der Waals surface area (Å²) >= 11 is 3.18. The Morgan fingerprint density at radius 2 is 2.11 bits per heavy atom. The Morgan fingerprint density at radius 3 is 2.79 bits per heavy atom. The zero-order chi connectivity index (χ0) is 13.4. The molecule has 0 radical (unpaired) electrons. The number of benzene rings is 1. The molecule has 0 spiro atoms. The fourth-order valence-electron chi connectivity index (χ4n) is 1.76. The molecule has 0 unspecified atom stereocenters. The van der Waals surface area contributed by atoms with Gasteiger partial charge in [-0.15, -0.1) is 0 Å². The minimum Gasteiger partial charge on any atom is -0.439 e. The van der Waals surface area contributed by atoms with Crippen molar-refractivity contribution in [3.63, 3.8) is 0 Å². The summed E-state index contributed by atoms with van der Waals surface area (Å²) in [5.74, 6) is 1.01. The number of ether oxygens (including phenoxy) is 1. The number of halogens is 2. The Balaban J connectivity index is 1.91. The van der Waals surface area contributed by atoms with Crippen LogP contribution in [0.5, 0.6) is 11.6 Å². The zero-order valence-corrected chi connectivity index (χ0v) is 11.4. The number of H-pyrrole nitrogens is 1. The Kier molecular flexibility index (Phi) is 3.10. The fourth-order valence-corrected chi connectivity index (χ4v) is 2.21. The van der Waals surface area contributed by atoms with Gasteiger partial charge < -0.3 is 9.72 Å². The van der Waals surface area contributed by atoms with Gasteiger partial charge in [0.15, 0.2) is 0 Å². The molecular formula is C13H10BrFN2O2. The van der Waals surface area contributed by atoms with Gasteiger partial charge in [-0.25, -0.2) is 4.39 Å². The predicted molar refractivity (Wildman–Crippen MR) is 71.0 cm³/mol. The third-order valence-corrected chi connectivity index (χ3v) is 3.22. The largest absolute Gasteiger partial charge is 0.439 e. The van der Waals surface area contributed by atoms with Crippen LogP contribution in [0.25, 0.3) is 0 Å². The van der Waals surface area contributed by atoms with E-state index in [0.29, 0.717) is 22.0 Å². The highest BCUT2D eigenvalue weighted by Gasteiger charge is 2.26. The van der Waals surface area contributed by atoms with E-state index in [-0.39, 0.29) is 11.4 Å². The number of nitrogens with one attached hydrogen (secondary N) is 1. The Morgan fingerprint density at radius 1 is 1.32 bits per heavy atom. The molecule has 6 heteroatoms. The summed E-state index contributed by atoms with van der Waals surface area (Å²) in [4.78, 5) is 18.4. The minimum absolute atomic E-state index is 0.183. The molecule has 1 aromatic heterocycles. The van der Waals surface area contributed by atoms with Crippen LogP contribution in [-0.4, -0.2) is 9.97 Å². The van der Waals surface area contributed by atoms with Gasteiger partial charge in [0.25, 0.3) is 5.56 Å². The van der Waals surface area contributed by atoms with E-state index in [9.17, 15) is 9.18 Å². The van der Waals surface area contributed by atoms with E-state index < -0.39 is 5.82 Å². The molecule has 0 saturated heterocycles. The summed E-state index contributed by atoms with van der Waals surface area (Å²) in [6, 6.07) is 5.44. The third-order valence-electron chi connectivity index (χ3n) is 2.76. The van der Waals surface area contributed by atoms with E-state index in [0.717, 1.165) is 12.8 Å². The summed E-state index contributed by atoms with van der Waals surface area (Å²) in [6.07, 6.45) is 2.05. The first-order valence-corrected chi connectivity index (χ1v) is 6.65. The van der Waals surface area contributed by atoms with Crippen LogP contribution in [0.4, 0.5) is 4.39 Å². The van der Waals surface area contributed by atoms with Crippen LogP contribution < -0.4 is 10.3 Å². The van der Waals surface area contributed by atoms with Crippen molar-refractivity contribution in [1.29, 1.82) is 0 Å². The quantitative estimate of drug-likeness (QED) is 0.942. The van der Waals surface area contributed by atoms with E-state index in [1.165, 1.54) is 18.2 Å². The number of nitrogens with zero attached hydrogens (tertiary/aromatic N) is 1. The van der Waals surface area contributed by atoms with Gasteiger partial charge in [0.1, 0.15) is 17.4 Å². The van der Waals surface area contributed by atoms with Gasteiger partial charge in [0, 0.05) is 16.5 Å². The number of aromatic nitrogens is 2. The zero-order valence-electron chi connectivity index (χ0n) is 9.82. The molecule has 3 rings (SSSR count). The van der Waals surface area contributed by atoms with Gasteiger partial charge in [-0.05, 0) is 25.0 Å². The molecule has 0 amide bonds. The second kappa shape index (κ2) is 4.77. The van der Waals surface area contributed by atoms with Gasteiger partial charge in [0.2, 0.25) is 5.88 Å². The lowest BCUT2D eigenvalue weighted by Crippen LogP contribution is -2.10. The van der Waals surface area contributed by atoms with Crippen LogP contribution in [0.15, 0.2) is 33.5 Å². The molecule has 2 aromatic rings. The number of hydrogen-bond donors (Lipinski definition) is 1. The van der Waals surface area contributed by atoms with Crippen molar-refractivity contribution >= 4 is 15.9 Å². The van der Waals surface area contributed by atoms with Crippen molar-refractivity contribution < 1.29 is 9.13 Å². The number of hydrogen-bond acceptors (Lipinski definition) is 3. The van der Waals surface area contributed by atoms with Crippen molar-refractivity contribution in [2.45, 2.75) is 18.8 Å². The second-order valence-electron chi connectivity index (χ2n) is 4.45. The molecule has 1 saturated carbocycles. The maximum absolute atomic E-state index is 13.2. The van der Waals surface area contributed by atoms with Gasteiger partial charge in [-0.1, -0.05) is 15.9 Å². The first-order valence-electron chi connectivity index (χ1n) is 5.85. The average molecular weight is 325 g/mol. The number of aromatic amines is 1. The predicted octanol–water partition coefficient (Wildman–Crippen LogP) is 3.34. The molecule has 1 aliphatic rings.